The van der Waals surface area contributed by atoms with Gasteiger partial charge in [-0.2, -0.15) is 0 Å². The standard InChI is InChI=1S/C12H19N3O2/c1-5-8(12(4,17)11(15)16)6(2)10(14)7(3)9(5)13/h17H,13-14H2,1-4H3,(H2,15,16). The van der Waals surface area contributed by atoms with E-state index < -0.39 is 11.5 Å². The van der Waals surface area contributed by atoms with Crippen molar-refractivity contribution in [3.05, 3.63) is 22.3 Å². The average Bonchev–Trinajstić information content (AvgIpc) is 2.23. The van der Waals surface area contributed by atoms with E-state index in [9.17, 15) is 9.90 Å². The largest absolute Gasteiger partial charge is 0.398 e. The Labute approximate surface area is 101 Å². The molecule has 7 N–H and O–H groups in total. The summed E-state index contributed by atoms with van der Waals surface area (Å²) in [6.45, 7) is 6.62. The zero-order valence-corrected chi connectivity index (χ0v) is 10.6. The van der Waals surface area contributed by atoms with Crippen molar-refractivity contribution in [2.75, 3.05) is 11.5 Å². The van der Waals surface area contributed by atoms with Crippen LogP contribution in [0, 0.1) is 20.8 Å². The number of amides is 1. The molecule has 1 rings (SSSR count). The Morgan fingerprint density at radius 2 is 1.41 bits per heavy atom. The molecule has 1 aromatic rings. The van der Waals surface area contributed by atoms with E-state index >= 15 is 0 Å². The Hall–Kier alpha value is -1.75. The van der Waals surface area contributed by atoms with Gasteiger partial charge in [-0.3, -0.25) is 4.79 Å². The molecule has 0 aliphatic rings. The molecule has 0 aliphatic carbocycles. The van der Waals surface area contributed by atoms with Gasteiger partial charge in [-0.1, -0.05) is 0 Å². The minimum Gasteiger partial charge on any atom is -0.398 e. The quantitative estimate of drug-likeness (QED) is 0.559. The van der Waals surface area contributed by atoms with Gasteiger partial charge in [0.2, 0.25) is 0 Å². The van der Waals surface area contributed by atoms with E-state index in [1.165, 1.54) is 6.92 Å². The number of benzene rings is 1. The molecule has 1 amide bonds. The van der Waals surface area contributed by atoms with E-state index in [-0.39, 0.29) is 0 Å². The first kappa shape index (κ1) is 13.3. The molecule has 1 atom stereocenters. The monoisotopic (exact) mass is 237 g/mol. The van der Waals surface area contributed by atoms with Crippen LogP contribution >= 0.6 is 0 Å². The molecule has 94 valence electrons. The minimum absolute atomic E-state index is 0.394. The van der Waals surface area contributed by atoms with Gasteiger partial charge in [0.15, 0.2) is 5.60 Å². The van der Waals surface area contributed by atoms with Crippen LogP contribution in [0.3, 0.4) is 0 Å². The number of nitrogen functional groups attached to an aromatic ring is 2. The minimum atomic E-state index is -1.77. The average molecular weight is 237 g/mol. The Kier molecular flexibility index (Phi) is 3.07. The number of nitrogens with two attached hydrogens (primary N) is 3. The number of hydrogen-bond acceptors (Lipinski definition) is 4. The van der Waals surface area contributed by atoms with Gasteiger partial charge in [0.25, 0.3) is 5.91 Å². The van der Waals surface area contributed by atoms with E-state index in [0.717, 1.165) is 5.56 Å². The van der Waals surface area contributed by atoms with Gasteiger partial charge in [-0.15, -0.1) is 0 Å². The summed E-state index contributed by atoms with van der Waals surface area (Å²) < 4.78 is 0. The number of primary amides is 1. The van der Waals surface area contributed by atoms with Gasteiger partial charge in [-0.05, 0) is 44.4 Å². The number of rotatable bonds is 2. The van der Waals surface area contributed by atoms with Crippen molar-refractivity contribution in [3.8, 4) is 0 Å². The van der Waals surface area contributed by atoms with Crippen LogP contribution in [0.1, 0.15) is 29.2 Å². The summed E-state index contributed by atoms with van der Waals surface area (Å²) in [5, 5.41) is 10.2. The fraction of sp³-hybridized carbons (Fsp3) is 0.417. The highest BCUT2D eigenvalue weighted by molar-refractivity contribution is 5.87. The topological polar surface area (TPSA) is 115 Å². The van der Waals surface area contributed by atoms with Crippen LogP contribution in [0.4, 0.5) is 11.4 Å². The van der Waals surface area contributed by atoms with Crippen molar-refractivity contribution in [1.82, 2.24) is 0 Å². The van der Waals surface area contributed by atoms with Gasteiger partial charge in [-0.25, -0.2) is 0 Å². The fourth-order valence-corrected chi connectivity index (χ4v) is 2.11. The van der Waals surface area contributed by atoms with Gasteiger partial charge in [0.05, 0.1) is 0 Å². The van der Waals surface area contributed by atoms with Crippen molar-refractivity contribution in [1.29, 1.82) is 0 Å². The first-order valence-corrected chi connectivity index (χ1v) is 5.29. The molecule has 0 saturated carbocycles. The molecule has 17 heavy (non-hydrogen) atoms. The van der Waals surface area contributed by atoms with Crippen LogP contribution in [-0.2, 0) is 10.4 Å². The van der Waals surface area contributed by atoms with Crippen molar-refractivity contribution in [2.45, 2.75) is 33.3 Å². The normalized spacial score (nSPS) is 14.4. The maximum atomic E-state index is 11.3. The zero-order valence-electron chi connectivity index (χ0n) is 10.6. The molecule has 5 nitrogen and oxygen atoms in total. The second-order valence-corrected chi connectivity index (χ2v) is 4.51. The zero-order chi connectivity index (χ0) is 13.5. The Bertz CT molecular complexity index is 464. The second kappa shape index (κ2) is 3.92. The Morgan fingerprint density at radius 3 is 1.71 bits per heavy atom. The number of hydrogen-bond donors (Lipinski definition) is 4. The fourth-order valence-electron chi connectivity index (χ4n) is 2.11. The van der Waals surface area contributed by atoms with Crippen LogP contribution in [0.15, 0.2) is 0 Å². The summed E-state index contributed by atoms with van der Waals surface area (Å²) in [5.74, 6) is -0.827. The second-order valence-electron chi connectivity index (χ2n) is 4.51. The molecule has 0 saturated heterocycles. The molecule has 0 spiro atoms. The predicted molar refractivity (Wildman–Crippen MR) is 68.2 cm³/mol. The summed E-state index contributed by atoms with van der Waals surface area (Å²) in [4.78, 5) is 11.3. The molecule has 1 aromatic carbocycles. The van der Waals surface area contributed by atoms with Crippen molar-refractivity contribution in [3.63, 3.8) is 0 Å². The summed E-state index contributed by atoms with van der Waals surface area (Å²) >= 11 is 0. The third kappa shape index (κ3) is 1.82. The highest BCUT2D eigenvalue weighted by Gasteiger charge is 2.35. The van der Waals surface area contributed by atoms with E-state index in [2.05, 4.69) is 0 Å². The van der Waals surface area contributed by atoms with Crippen LogP contribution in [0.5, 0.6) is 0 Å². The smallest absolute Gasteiger partial charge is 0.253 e. The van der Waals surface area contributed by atoms with Gasteiger partial charge in [0.1, 0.15) is 0 Å². The lowest BCUT2D eigenvalue weighted by Crippen LogP contribution is -2.39. The van der Waals surface area contributed by atoms with Gasteiger partial charge in [0, 0.05) is 16.9 Å². The first-order chi connectivity index (χ1) is 7.62. The lowest BCUT2D eigenvalue weighted by molar-refractivity contribution is -0.135. The Morgan fingerprint density at radius 1 is 1.06 bits per heavy atom. The number of carbonyl (C=O) groups excluding carboxylic acids is 1. The number of anilines is 2. The van der Waals surface area contributed by atoms with Crippen molar-refractivity contribution in [2.24, 2.45) is 5.73 Å². The van der Waals surface area contributed by atoms with Crippen LogP contribution in [0.2, 0.25) is 0 Å². The highest BCUT2D eigenvalue weighted by atomic mass is 16.3. The molecule has 1 unspecified atom stereocenters. The third-order valence-corrected chi connectivity index (χ3v) is 3.33. The van der Waals surface area contributed by atoms with E-state index in [1.807, 2.05) is 0 Å². The van der Waals surface area contributed by atoms with Crippen molar-refractivity contribution < 1.29 is 9.90 Å². The summed E-state index contributed by atoms with van der Waals surface area (Å²) in [5.41, 5.74) is 18.6. The van der Waals surface area contributed by atoms with Crippen molar-refractivity contribution >= 4 is 17.3 Å². The lowest BCUT2D eigenvalue weighted by atomic mass is 9.84. The molecular weight excluding hydrogens is 218 g/mol. The van der Waals surface area contributed by atoms with E-state index in [0.29, 0.717) is 28.1 Å². The van der Waals surface area contributed by atoms with Crippen LogP contribution in [-0.4, -0.2) is 11.0 Å². The van der Waals surface area contributed by atoms with E-state index in [1.54, 1.807) is 20.8 Å². The number of aliphatic hydroxyl groups is 1. The SMILES string of the molecule is Cc1c(N)c(C)c(C(C)(O)C(N)=O)c(C)c1N. The molecule has 0 heterocycles. The maximum Gasteiger partial charge on any atom is 0.253 e. The maximum absolute atomic E-state index is 11.3. The molecule has 0 bridgehead atoms. The summed E-state index contributed by atoms with van der Waals surface area (Å²) in [6, 6.07) is 0. The summed E-state index contributed by atoms with van der Waals surface area (Å²) in [7, 11) is 0. The van der Waals surface area contributed by atoms with Gasteiger partial charge < -0.3 is 22.3 Å². The van der Waals surface area contributed by atoms with Crippen LogP contribution < -0.4 is 17.2 Å². The highest BCUT2D eigenvalue weighted by Crippen LogP contribution is 2.36. The van der Waals surface area contributed by atoms with Crippen LogP contribution in [0.25, 0.3) is 0 Å². The van der Waals surface area contributed by atoms with E-state index in [4.69, 9.17) is 17.2 Å². The molecule has 0 radical (unpaired) electrons. The molecule has 5 heteroatoms. The molecule has 0 aliphatic heterocycles. The molecule has 0 aromatic heterocycles. The Balaban J connectivity index is 3.72. The number of carbonyl (C=O) groups is 1. The van der Waals surface area contributed by atoms with Gasteiger partial charge >= 0.3 is 0 Å². The summed E-state index contributed by atoms with van der Waals surface area (Å²) in [6.07, 6.45) is 0. The first-order valence-electron chi connectivity index (χ1n) is 5.29. The lowest BCUT2D eigenvalue weighted by Gasteiger charge is -2.27. The third-order valence-electron chi connectivity index (χ3n) is 3.33. The molecular formula is C12H19N3O2. The predicted octanol–water partition coefficient (Wildman–Crippen LogP) is 0.469. The molecule has 0 fully saturated rings.